The smallest absolute Gasteiger partial charge is 0.264 e. The van der Waals surface area contributed by atoms with Crippen LogP contribution in [-0.4, -0.2) is 20.9 Å². The maximum Gasteiger partial charge on any atom is 0.264 e. The first kappa shape index (κ1) is 23.4. The van der Waals surface area contributed by atoms with Gasteiger partial charge in [0, 0.05) is 17.7 Å². The number of hydrogen-bond acceptors (Lipinski definition) is 3. The Balaban J connectivity index is 1.88. The average molecular weight is 477 g/mol. The molecule has 0 atom stereocenters. The largest absolute Gasteiger partial charge is 0.348 e. The van der Waals surface area contributed by atoms with Crippen LogP contribution in [-0.2, 0) is 16.6 Å². The Morgan fingerprint density at radius 1 is 1.06 bits per heavy atom. The van der Waals surface area contributed by atoms with Crippen molar-refractivity contribution >= 4 is 33.2 Å². The van der Waals surface area contributed by atoms with Gasteiger partial charge in [0.15, 0.2) is 0 Å². The van der Waals surface area contributed by atoms with E-state index in [1.165, 1.54) is 30.3 Å². The molecule has 32 heavy (non-hydrogen) atoms. The highest BCUT2D eigenvalue weighted by atomic mass is 35.5. The van der Waals surface area contributed by atoms with Crippen LogP contribution in [0.1, 0.15) is 15.9 Å². The molecule has 1 amide bonds. The van der Waals surface area contributed by atoms with Crippen molar-refractivity contribution in [3.05, 3.63) is 107 Å². The summed E-state index contributed by atoms with van der Waals surface area (Å²) in [4.78, 5) is 12.4. The first-order valence-corrected chi connectivity index (χ1v) is 11.3. The summed E-state index contributed by atoms with van der Waals surface area (Å²) in [6.45, 7) is 3.30. The number of sulfonamides is 1. The molecule has 1 N–H and O–H groups in total. The normalized spacial score (nSPS) is 11.1. The maximum atomic E-state index is 13.8. The van der Waals surface area contributed by atoms with E-state index in [0.717, 1.165) is 22.5 Å². The molecule has 0 aliphatic heterocycles. The summed E-state index contributed by atoms with van der Waals surface area (Å²) < 4.78 is 54.8. The van der Waals surface area contributed by atoms with Gasteiger partial charge in [0.1, 0.15) is 11.6 Å². The molecular weight excluding hydrogens is 458 g/mol. The van der Waals surface area contributed by atoms with Crippen LogP contribution in [0.15, 0.2) is 84.3 Å². The van der Waals surface area contributed by atoms with Crippen LogP contribution in [0, 0.1) is 11.6 Å². The third kappa shape index (κ3) is 5.15. The van der Waals surface area contributed by atoms with Crippen LogP contribution in [0.25, 0.3) is 0 Å². The number of benzene rings is 3. The molecule has 0 radical (unpaired) electrons. The molecule has 166 valence electrons. The Hall–Kier alpha value is -3.23. The van der Waals surface area contributed by atoms with Gasteiger partial charge in [-0.25, -0.2) is 17.2 Å². The Morgan fingerprint density at radius 2 is 1.81 bits per heavy atom. The van der Waals surface area contributed by atoms with Gasteiger partial charge in [-0.2, -0.15) is 0 Å². The molecule has 0 spiro atoms. The number of carbonyl (C=O) groups excluding carboxylic acids is 1. The fraction of sp³-hybridized carbons (Fsp3) is 0.0870. The summed E-state index contributed by atoms with van der Waals surface area (Å²) in [5.41, 5.74) is 0.282. The zero-order valence-electron chi connectivity index (χ0n) is 16.8. The third-order valence-corrected chi connectivity index (χ3v) is 6.64. The summed E-state index contributed by atoms with van der Waals surface area (Å²) >= 11 is 6.19. The van der Waals surface area contributed by atoms with Gasteiger partial charge < -0.3 is 5.32 Å². The molecule has 0 unspecified atom stereocenters. The van der Waals surface area contributed by atoms with E-state index in [1.54, 1.807) is 24.3 Å². The lowest BCUT2D eigenvalue weighted by Gasteiger charge is -2.24. The van der Waals surface area contributed by atoms with Crippen molar-refractivity contribution in [3.8, 4) is 0 Å². The van der Waals surface area contributed by atoms with Crippen molar-refractivity contribution in [2.24, 2.45) is 0 Å². The predicted molar refractivity (Wildman–Crippen MR) is 120 cm³/mol. The van der Waals surface area contributed by atoms with Gasteiger partial charge in [-0.05, 0) is 48.5 Å². The van der Waals surface area contributed by atoms with E-state index >= 15 is 0 Å². The molecule has 3 aromatic carbocycles. The lowest BCUT2D eigenvalue weighted by atomic mass is 10.2. The quantitative estimate of drug-likeness (QED) is 0.469. The zero-order chi connectivity index (χ0) is 23.3. The molecule has 0 saturated heterocycles. The van der Waals surface area contributed by atoms with Crippen molar-refractivity contribution in [2.45, 2.75) is 11.4 Å². The molecule has 0 heterocycles. The maximum absolute atomic E-state index is 13.8. The second kappa shape index (κ2) is 9.93. The van der Waals surface area contributed by atoms with Crippen LogP contribution < -0.4 is 9.62 Å². The van der Waals surface area contributed by atoms with Gasteiger partial charge in [0.05, 0.1) is 22.2 Å². The first-order chi connectivity index (χ1) is 15.2. The number of rotatable bonds is 8. The predicted octanol–water partition coefficient (Wildman–Crippen LogP) is 4.93. The lowest BCUT2D eigenvalue weighted by molar-refractivity contribution is 0.0950. The molecule has 0 aliphatic rings. The second-order valence-corrected chi connectivity index (χ2v) is 8.99. The fourth-order valence-electron chi connectivity index (χ4n) is 2.98. The van der Waals surface area contributed by atoms with E-state index in [9.17, 15) is 22.0 Å². The van der Waals surface area contributed by atoms with E-state index in [-0.39, 0.29) is 39.8 Å². The van der Waals surface area contributed by atoms with Gasteiger partial charge >= 0.3 is 0 Å². The number of amides is 1. The van der Waals surface area contributed by atoms with Gasteiger partial charge in [-0.1, -0.05) is 35.9 Å². The monoisotopic (exact) mass is 476 g/mol. The first-order valence-electron chi connectivity index (χ1n) is 9.44. The van der Waals surface area contributed by atoms with E-state index in [0.29, 0.717) is 0 Å². The standard InChI is InChI=1S/C23H19ClF2N2O3S/c1-2-12-28(22-9-4-3-8-20(22)24)32(30,31)19-7-5-6-16(14-19)23(29)27-15-17-13-18(25)10-11-21(17)26/h2-11,13-14H,1,12,15H2,(H,27,29). The molecule has 0 bridgehead atoms. The number of nitrogens with zero attached hydrogens (tertiary/aromatic N) is 1. The molecule has 9 heteroatoms. The Bertz CT molecular complexity index is 1270. The van der Waals surface area contributed by atoms with Gasteiger partial charge in [0.25, 0.3) is 15.9 Å². The third-order valence-electron chi connectivity index (χ3n) is 4.55. The highest BCUT2D eigenvalue weighted by molar-refractivity contribution is 7.92. The average Bonchev–Trinajstić information content (AvgIpc) is 2.78. The Labute approximate surface area is 190 Å². The van der Waals surface area contributed by atoms with Crippen LogP contribution >= 0.6 is 11.6 Å². The lowest BCUT2D eigenvalue weighted by Crippen LogP contribution is -2.31. The van der Waals surface area contributed by atoms with E-state index in [2.05, 4.69) is 11.9 Å². The van der Waals surface area contributed by atoms with Crippen LogP contribution in [0.3, 0.4) is 0 Å². The number of para-hydroxylation sites is 1. The summed E-state index contributed by atoms with van der Waals surface area (Å²) in [7, 11) is -4.09. The molecule has 3 rings (SSSR count). The molecule has 0 aliphatic carbocycles. The van der Waals surface area contributed by atoms with Crippen molar-refractivity contribution in [2.75, 3.05) is 10.8 Å². The molecule has 0 fully saturated rings. The number of anilines is 1. The van der Waals surface area contributed by atoms with Crippen molar-refractivity contribution < 1.29 is 22.0 Å². The molecule has 5 nitrogen and oxygen atoms in total. The fourth-order valence-corrected chi connectivity index (χ4v) is 4.77. The topological polar surface area (TPSA) is 66.5 Å². The van der Waals surface area contributed by atoms with Gasteiger partial charge in [-0.15, -0.1) is 6.58 Å². The number of halogens is 3. The zero-order valence-corrected chi connectivity index (χ0v) is 18.3. The number of carbonyl (C=O) groups is 1. The van der Waals surface area contributed by atoms with Crippen molar-refractivity contribution in [3.63, 3.8) is 0 Å². The summed E-state index contributed by atoms with van der Waals surface area (Å²) in [5, 5.41) is 2.71. The molecule has 0 aromatic heterocycles. The highest BCUT2D eigenvalue weighted by Gasteiger charge is 2.26. The SMILES string of the molecule is C=CCN(c1ccccc1Cl)S(=O)(=O)c1cccc(C(=O)NCc2cc(F)ccc2F)c1. The van der Waals surface area contributed by atoms with Crippen molar-refractivity contribution in [1.29, 1.82) is 0 Å². The van der Waals surface area contributed by atoms with Crippen molar-refractivity contribution in [1.82, 2.24) is 5.32 Å². The summed E-state index contributed by atoms with van der Waals surface area (Å²) in [6.07, 6.45) is 1.42. The molecular formula is C23H19ClF2N2O3S. The van der Waals surface area contributed by atoms with E-state index in [1.807, 2.05) is 0 Å². The number of nitrogens with one attached hydrogen (secondary N) is 1. The minimum absolute atomic E-state index is 0.0296. The highest BCUT2D eigenvalue weighted by Crippen LogP contribution is 2.30. The summed E-state index contributed by atoms with van der Waals surface area (Å²) in [6, 6.07) is 14.8. The van der Waals surface area contributed by atoms with Gasteiger partial charge in [0.2, 0.25) is 0 Å². The van der Waals surface area contributed by atoms with Crippen LogP contribution in [0.2, 0.25) is 5.02 Å². The molecule has 3 aromatic rings. The van der Waals surface area contributed by atoms with E-state index < -0.39 is 27.6 Å². The van der Waals surface area contributed by atoms with Crippen LogP contribution in [0.5, 0.6) is 0 Å². The summed E-state index contributed by atoms with van der Waals surface area (Å²) in [5.74, 6) is -1.94. The number of hydrogen-bond donors (Lipinski definition) is 1. The molecule has 0 saturated carbocycles. The minimum atomic E-state index is -4.09. The van der Waals surface area contributed by atoms with E-state index in [4.69, 9.17) is 11.6 Å². The minimum Gasteiger partial charge on any atom is -0.348 e. The van der Waals surface area contributed by atoms with Gasteiger partial charge in [-0.3, -0.25) is 9.10 Å². The Kier molecular flexibility index (Phi) is 7.27. The Morgan fingerprint density at radius 3 is 2.53 bits per heavy atom. The van der Waals surface area contributed by atoms with Crippen LogP contribution in [0.4, 0.5) is 14.5 Å². The second-order valence-electron chi connectivity index (χ2n) is 6.72.